The Balaban J connectivity index is 2.13. The Labute approximate surface area is 120 Å². The Morgan fingerprint density at radius 1 is 1.40 bits per heavy atom. The van der Waals surface area contributed by atoms with Gasteiger partial charge in [-0.15, -0.1) is 4.33 Å². The van der Waals surface area contributed by atoms with Crippen molar-refractivity contribution < 1.29 is 28.2 Å². The summed E-state index contributed by atoms with van der Waals surface area (Å²) in [4.78, 5) is 13.3. The summed E-state index contributed by atoms with van der Waals surface area (Å²) in [7, 11) is 0. The number of carbonyl (C=O) groups excluding carboxylic acids is 1. The van der Waals surface area contributed by atoms with Crippen molar-refractivity contribution in [3.8, 4) is 0 Å². The molecule has 0 aromatic rings. The van der Waals surface area contributed by atoms with Crippen LogP contribution in [0.1, 0.15) is 40.0 Å². The van der Waals surface area contributed by atoms with E-state index in [1.54, 1.807) is 0 Å². The first-order valence-electron chi connectivity index (χ1n) is 6.43. The molecule has 2 unspecified atom stereocenters. The summed E-state index contributed by atoms with van der Waals surface area (Å²) in [6.45, 7) is 6.56. The number of amides is 1. The number of fused-ring (bicyclic) bond motifs is 2. The SMILES string of the molecule is CC1(C)CC2CC(C)(CN2C(=O)C(F)(F)SOOO)C1. The van der Waals surface area contributed by atoms with Crippen molar-refractivity contribution in [3.05, 3.63) is 0 Å². The zero-order valence-corrected chi connectivity index (χ0v) is 12.5. The minimum atomic E-state index is -3.78. The quantitative estimate of drug-likeness (QED) is 0.491. The monoisotopic (exact) mass is 311 g/mol. The van der Waals surface area contributed by atoms with E-state index in [0.717, 1.165) is 12.8 Å². The molecule has 1 amide bonds. The molecule has 2 atom stereocenters. The molecule has 1 N–H and O–H groups in total. The average Bonchev–Trinajstić information content (AvgIpc) is 2.55. The molecular weight excluding hydrogens is 292 g/mol. The van der Waals surface area contributed by atoms with Crippen molar-refractivity contribution in [1.29, 1.82) is 0 Å². The highest BCUT2D eigenvalue weighted by Gasteiger charge is 2.56. The van der Waals surface area contributed by atoms with Crippen molar-refractivity contribution in [2.24, 2.45) is 10.8 Å². The van der Waals surface area contributed by atoms with Crippen LogP contribution < -0.4 is 0 Å². The lowest BCUT2D eigenvalue weighted by atomic mass is 9.65. The van der Waals surface area contributed by atoms with Gasteiger partial charge < -0.3 is 4.90 Å². The second kappa shape index (κ2) is 5.08. The largest absolute Gasteiger partial charge is 0.397 e. The summed E-state index contributed by atoms with van der Waals surface area (Å²) in [5, 5.41) is 7.30. The van der Waals surface area contributed by atoms with Gasteiger partial charge in [-0.2, -0.15) is 8.78 Å². The number of hydrogen-bond acceptors (Lipinski definition) is 5. The second-order valence-electron chi connectivity index (χ2n) is 6.89. The number of halogens is 2. The zero-order chi connectivity index (χ0) is 15.2. The topological polar surface area (TPSA) is 59.0 Å². The predicted octanol–water partition coefficient (Wildman–Crippen LogP) is 3.08. The summed E-state index contributed by atoms with van der Waals surface area (Å²) < 4.78 is 31.1. The van der Waals surface area contributed by atoms with Crippen LogP contribution in [0.4, 0.5) is 8.78 Å². The average molecular weight is 311 g/mol. The lowest BCUT2D eigenvalue weighted by molar-refractivity contribution is -0.433. The molecule has 5 nitrogen and oxygen atoms in total. The maximum absolute atomic E-state index is 13.7. The Morgan fingerprint density at radius 2 is 2.05 bits per heavy atom. The molecule has 20 heavy (non-hydrogen) atoms. The molecule has 1 saturated heterocycles. The van der Waals surface area contributed by atoms with Crippen LogP contribution in [0, 0.1) is 10.8 Å². The molecular formula is C12H19F2NO4S. The molecule has 0 spiro atoms. The van der Waals surface area contributed by atoms with E-state index >= 15 is 0 Å². The molecule has 1 heterocycles. The van der Waals surface area contributed by atoms with E-state index in [1.807, 2.05) is 6.92 Å². The van der Waals surface area contributed by atoms with Gasteiger partial charge in [0.25, 0.3) is 0 Å². The van der Waals surface area contributed by atoms with Crippen LogP contribution in [-0.2, 0) is 14.2 Å². The van der Waals surface area contributed by atoms with Crippen LogP contribution in [0.3, 0.4) is 0 Å². The van der Waals surface area contributed by atoms with Gasteiger partial charge in [-0.3, -0.25) is 4.79 Å². The Bertz CT molecular complexity index is 407. The molecule has 1 aliphatic carbocycles. The summed E-state index contributed by atoms with van der Waals surface area (Å²) >= 11 is -0.490. The summed E-state index contributed by atoms with van der Waals surface area (Å²) in [6, 6.07) is -0.169. The zero-order valence-electron chi connectivity index (χ0n) is 11.7. The van der Waals surface area contributed by atoms with E-state index in [2.05, 4.69) is 23.2 Å². The third kappa shape index (κ3) is 3.08. The third-order valence-electron chi connectivity index (χ3n) is 4.09. The summed E-state index contributed by atoms with van der Waals surface area (Å²) in [6.07, 6.45) is 2.38. The first-order chi connectivity index (χ1) is 9.09. The van der Waals surface area contributed by atoms with Crippen molar-refractivity contribution >= 4 is 17.9 Å². The molecule has 2 fully saturated rings. The number of carbonyl (C=O) groups is 1. The van der Waals surface area contributed by atoms with Gasteiger partial charge in [-0.1, -0.05) is 25.8 Å². The van der Waals surface area contributed by atoms with Gasteiger partial charge in [0, 0.05) is 12.6 Å². The van der Waals surface area contributed by atoms with Crippen LogP contribution in [0.15, 0.2) is 0 Å². The molecule has 8 heteroatoms. The highest BCUT2D eigenvalue weighted by molar-refractivity contribution is 7.96. The number of rotatable bonds is 4. The fraction of sp³-hybridized carbons (Fsp3) is 0.917. The number of alkyl halides is 2. The van der Waals surface area contributed by atoms with Gasteiger partial charge in [0.2, 0.25) is 0 Å². The Kier molecular flexibility index (Phi) is 4.05. The number of nitrogens with zero attached hydrogens (tertiary/aromatic N) is 1. The van der Waals surface area contributed by atoms with Crippen molar-refractivity contribution in [2.45, 2.75) is 51.3 Å². The van der Waals surface area contributed by atoms with Gasteiger partial charge in [0.05, 0.1) is 0 Å². The van der Waals surface area contributed by atoms with E-state index in [9.17, 15) is 13.6 Å². The van der Waals surface area contributed by atoms with Crippen LogP contribution in [0.2, 0.25) is 0 Å². The van der Waals surface area contributed by atoms with Crippen LogP contribution in [0.5, 0.6) is 0 Å². The third-order valence-corrected chi connectivity index (χ3v) is 4.61. The minimum Gasteiger partial charge on any atom is -0.333 e. The van der Waals surface area contributed by atoms with Crippen LogP contribution in [0.25, 0.3) is 0 Å². The first kappa shape index (κ1) is 15.9. The van der Waals surface area contributed by atoms with Crippen molar-refractivity contribution in [2.75, 3.05) is 6.54 Å². The van der Waals surface area contributed by atoms with Crippen LogP contribution in [-0.4, -0.2) is 33.9 Å². The lowest BCUT2D eigenvalue weighted by Gasteiger charge is -2.39. The van der Waals surface area contributed by atoms with Gasteiger partial charge in [0.1, 0.15) is 12.0 Å². The maximum atomic E-state index is 13.7. The molecule has 116 valence electrons. The number of hydrogen-bond donors (Lipinski definition) is 1. The van der Waals surface area contributed by atoms with E-state index < -0.39 is 23.2 Å². The van der Waals surface area contributed by atoms with Crippen molar-refractivity contribution in [3.63, 3.8) is 0 Å². The summed E-state index contributed by atoms with van der Waals surface area (Å²) in [5.41, 5.74) is -0.0724. The molecule has 0 aromatic carbocycles. The van der Waals surface area contributed by atoms with Gasteiger partial charge in [-0.25, -0.2) is 5.26 Å². The second-order valence-corrected chi connectivity index (χ2v) is 7.70. The van der Waals surface area contributed by atoms with Gasteiger partial charge in [0.15, 0.2) is 0 Å². The van der Waals surface area contributed by atoms with E-state index in [0.29, 0.717) is 13.0 Å². The van der Waals surface area contributed by atoms with Crippen LogP contribution >= 0.6 is 12.0 Å². The van der Waals surface area contributed by atoms with E-state index in [-0.39, 0.29) is 16.9 Å². The highest BCUT2D eigenvalue weighted by atomic mass is 32.2. The summed E-state index contributed by atoms with van der Waals surface area (Å²) in [5.74, 6) is -1.29. The van der Waals surface area contributed by atoms with E-state index in [4.69, 9.17) is 5.26 Å². The fourth-order valence-corrected chi connectivity index (χ4v) is 4.26. The maximum Gasteiger partial charge on any atom is 0.397 e. The predicted molar refractivity (Wildman–Crippen MR) is 68.6 cm³/mol. The fourth-order valence-electron chi connectivity index (χ4n) is 3.96. The smallest absolute Gasteiger partial charge is 0.333 e. The minimum absolute atomic E-state index is 0.0415. The normalized spacial score (nSPS) is 32.5. The van der Waals surface area contributed by atoms with Gasteiger partial charge >= 0.3 is 11.2 Å². The molecule has 0 radical (unpaired) electrons. The molecule has 2 bridgehead atoms. The molecule has 1 saturated carbocycles. The highest BCUT2D eigenvalue weighted by Crippen LogP contribution is 2.53. The molecule has 2 rings (SSSR count). The molecule has 1 aliphatic heterocycles. The lowest BCUT2D eigenvalue weighted by Crippen LogP contribution is -2.45. The standard InChI is InChI=1S/C12H19F2NO4S/c1-10(2)4-8-5-11(3,6-10)7-15(8)9(16)12(13,14)20-19-18-17/h8,17H,4-7H2,1-3H3. The van der Waals surface area contributed by atoms with Crippen molar-refractivity contribution in [1.82, 2.24) is 4.90 Å². The van der Waals surface area contributed by atoms with E-state index in [1.165, 1.54) is 4.90 Å². The number of likely N-dealkylation sites (tertiary alicyclic amines) is 1. The van der Waals surface area contributed by atoms with Gasteiger partial charge in [-0.05, 0) is 30.1 Å². The Hall–Kier alpha value is -0.440. The first-order valence-corrected chi connectivity index (χ1v) is 7.18. The Morgan fingerprint density at radius 3 is 2.65 bits per heavy atom. The molecule has 0 aromatic heterocycles. The molecule has 2 aliphatic rings.